The van der Waals surface area contributed by atoms with Crippen LogP contribution in [-0.4, -0.2) is 18.6 Å². The van der Waals surface area contributed by atoms with Crippen LogP contribution in [0.5, 0.6) is 0 Å². The minimum atomic E-state index is -4.13. The first-order chi connectivity index (χ1) is 8.79. The first-order valence-corrected chi connectivity index (χ1v) is 6.00. The largest absolute Gasteiger partial charge is 0.399 e. The lowest BCUT2D eigenvalue weighted by molar-refractivity contribution is -0.135. The summed E-state index contributed by atoms with van der Waals surface area (Å²) >= 11 is 0. The number of carbonyl (C=O) groups is 1. The van der Waals surface area contributed by atoms with E-state index in [-0.39, 0.29) is 18.9 Å². The van der Waals surface area contributed by atoms with Gasteiger partial charge in [0.25, 0.3) is 5.91 Å². The number of nitrogens with one attached hydrogen (secondary N) is 1. The van der Waals surface area contributed by atoms with Gasteiger partial charge < -0.3 is 11.1 Å². The van der Waals surface area contributed by atoms with Crippen LogP contribution < -0.4 is 11.1 Å². The molecule has 0 radical (unpaired) electrons. The van der Waals surface area contributed by atoms with E-state index in [0.29, 0.717) is 17.7 Å². The van der Waals surface area contributed by atoms with Crippen LogP contribution in [0.1, 0.15) is 35.2 Å². The van der Waals surface area contributed by atoms with Crippen molar-refractivity contribution in [2.24, 2.45) is 0 Å². The van der Waals surface area contributed by atoms with Crippen molar-refractivity contribution in [3.63, 3.8) is 0 Å². The second-order valence-corrected chi connectivity index (χ2v) is 4.40. The molecule has 1 aromatic rings. The molecule has 0 aliphatic heterocycles. The number of nitrogen functional groups attached to an aromatic ring is 1. The molecule has 0 fully saturated rings. The van der Waals surface area contributed by atoms with Crippen molar-refractivity contribution in [3.05, 3.63) is 29.3 Å². The van der Waals surface area contributed by atoms with Crippen molar-refractivity contribution in [2.75, 3.05) is 12.3 Å². The average molecular weight is 274 g/mol. The van der Waals surface area contributed by atoms with E-state index in [0.717, 1.165) is 5.56 Å². The highest BCUT2D eigenvalue weighted by Gasteiger charge is 2.25. The molecule has 0 atom stereocenters. The van der Waals surface area contributed by atoms with Gasteiger partial charge in [-0.25, -0.2) is 0 Å². The number of carbonyl (C=O) groups excluding carboxylic acids is 1. The van der Waals surface area contributed by atoms with Crippen LogP contribution in [-0.2, 0) is 0 Å². The number of nitrogens with two attached hydrogens (primary N) is 1. The van der Waals surface area contributed by atoms with Gasteiger partial charge in [-0.3, -0.25) is 4.79 Å². The first-order valence-electron chi connectivity index (χ1n) is 6.00. The molecule has 106 valence electrons. The highest BCUT2D eigenvalue weighted by molar-refractivity contribution is 5.95. The van der Waals surface area contributed by atoms with Crippen molar-refractivity contribution in [2.45, 2.75) is 32.4 Å². The Labute approximate surface area is 110 Å². The standard InChI is InChI=1S/C13H17F3N2O/c1-9-8-10(17)4-5-11(9)12(19)18-7-3-2-6-13(14,15)16/h4-5,8H,2-3,6-7,17H2,1H3,(H,18,19). The third-order valence-electron chi connectivity index (χ3n) is 2.67. The number of unbranched alkanes of at least 4 members (excludes halogenated alkanes) is 1. The fraction of sp³-hybridized carbons (Fsp3) is 0.462. The van der Waals surface area contributed by atoms with Crippen LogP contribution in [0, 0.1) is 6.92 Å². The number of halogens is 3. The van der Waals surface area contributed by atoms with E-state index in [1.165, 1.54) is 0 Å². The number of hydrogen-bond donors (Lipinski definition) is 2. The van der Waals surface area contributed by atoms with E-state index >= 15 is 0 Å². The average Bonchev–Trinajstić information content (AvgIpc) is 2.26. The summed E-state index contributed by atoms with van der Waals surface area (Å²) in [6, 6.07) is 4.90. The summed E-state index contributed by atoms with van der Waals surface area (Å²) in [5.74, 6) is -0.287. The van der Waals surface area contributed by atoms with Gasteiger partial charge in [-0.1, -0.05) is 0 Å². The quantitative estimate of drug-likeness (QED) is 0.640. The van der Waals surface area contributed by atoms with Gasteiger partial charge in [-0.05, 0) is 43.5 Å². The maximum absolute atomic E-state index is 11.9. The molecule has 1 aromatic carbocycles. The molecule has 0 saturated carbocycles. The molecule has 0 aromatic heterocycles. The molecule has 1 amide bonds. The molecule has 3 nitrogen and oxygen atoms in total. The van der Waals surface area contributed by atoms with Gasteiger partial charge in [0.15, 0.2) is 0 Å². The summed E-state index contributed by atoms with van der Waals surface area (Å²) in [7, 11) is 0. The van der Waals surface area contributed by atoms with Crippen LogP contribution in [0.4, 0.5) is 18.9 Å². The number of amides is 1. The summed E-state index contributed by atoms with van der Waals surface area (Å²) < 4.78 is 35.7. The Balaban J connectivity index is 2.36. The molecule has 0 aliphatic carbocycles. The third kappa shape index (κ3) is 5.63. The fourth-order valence-corrected chi connectivity index (χ4v) is 1.69. The van der Waals surface area contributed by atoms with Crippen molar-refractivity contribution < 1.29 is 18.0 Å². The van der Waals surface area contributed by atoms with Gasteiger partial charge >= 0.3 is 6.18 Å². The predicted octanol–water partition coefficient (Wildman–Crippen LogP) is 3.04. The zero-order chi connectivity index (χ0) is 14.5. The molecular formula is C13H17F3N2O. The Hall–Kier alpha value is -1.72. The molecular weight excluding hydrogens is 257 g/mol. The normalized spacial score (nSPS) is 11.4. The minimum Gasteiger partial charge on any atom is -0.399 e. The molecule has 3 N–H and O–H groups in total. The second-order valence-electron chi connectivity index (χ2n) is 4.40. The number of hydrogen-bond acceptors (Lipinski definition) is 2. The Kier molecular flexibility index (Phi) is 5.20. The van der Waals surface area contributed by atoms with Gasteiger partial charge in [0.1, 0.15) is 0 Å². The van der Waals surface area contributed by atoms with Gasteiger partial charge in [-0.15, -0.1) is 0 Å². The monoisotopic (exact) mass is 274 g/mol. The highest BCUT2D eigenvalue weighted by atomic mass is 19.4. The molecule has 0 spiro atoms. The lowest BCUT2D eigenvalue weighted by Gasteiger charge is -2.09. The topological polar surface area (TPSA) is 55.1 Å². The van der Waals surface area contributed by atoms with Gasteiger partial charge in [0, 0.05) is 24.2 Å². The van der Waals surface area contributed by atoms with Gasteiger partial charge in [-0.2, -0.15) is 13.2 Å². The second kappa shape index (κ2) is 6.45. The zero-order valence-electron chi connectivity index (χ0n) is 10.7. The molecule has 0 unspecified atom stereocenters. The highest BCUT2D eigenvalue weighted by Crippen LogP contribution is 2.21. The van der Waals surface area contributed by atoms with Crippen LogP contribution in [0.2, 0.25) is 0 Å². The number of benzene rings is 1. The van der Waals surface area contributed by atoms with Crippen molar-refractivity contribution in [1.29, 1.82) is 0 Å². The molecule has 6 heteroatoms. The van der Waals surface area contributed by atoms with E-state index in [2.05, 4.69) is 5.32 Å². The Morgan fingerprint density at radius 2 is 2.00 bits per heavy atom. The molecule has 1 rings (SSSR count). The Morgan fingerprint density at radius 1 is 1.32 bits per heavy atom. The maximum Gasteiger partial charge on any atom is 0.389 e. The zero-order valence-corrected chi connectivity index (χ0v) is 10.7. The molecule has 0 aliphatic rings. The summed E-state index contributed by atoms with van der Waals surface area (Å²) in [6.45, 7) is 1.99. The lowest BCUT2D eigenvalue weighted by Crippen LogP contribution is -2.25. The smallest absolute Gasteiger partial charge is 0.389 e. The van der Waals surface area contributed by atoms with E-state index in [1.807, 2.05) is 0 Å². The minimum absolute atomic E-state index is 0.0184. The van der Waals surface area contributed by atoms with Crippen molar-refractivity contribution >= 4 is 11.6 Å². The van der Waals surface area contributed by atoms with E-state index < -0.39 is 12.6 Å². The van der Waals surface area contributed by atoms with E-state index in [1.54, 1.807) is 25.1 Å². The number of aryl methyl sites for hydroxylation is 1. The fourth-order valence-electron chi connectivity index (χ4n) is 1.69. The third-order valence-corrected chi connectivity index (χ3v) is 2.67. The summed E-state index contributed by atoms with van der Waals surface area (Å²) in [6.07, 6.45) is -4.62. The van der Waals surface area contributed by atoms with E-state index in [9.17, 15) is 18.0 Å². The number of alkyl halides is 3. The molecule has 19 heavy (non-hydrogen) atoms. The molecule has 0 heterocycles. The Bertz CT molecular complexity index is 444. The summed E-state index contributed by atoms with van der Waals surface area (Å²) in [5, 5.41) is 2.60. The van der Waals surface area contributed by atoms with Gasteiger partial charge in [0.05, 0.1) is 0 Å². The van der Waals surface area contributed by atoms with Crippen LogP contribution in [0.25, 0.3) is 0 Å². The number of anilines is 1. The summed E-state index contributed by atoms with van der Waals surface area (Å²) in [4.78, 5) is 11.8. The van der Waals surface area contributed by atoms with Crippen molar-refractivity contribution in [1.82, 2.24) is 5.32 Å². The molecule has 0 bridgehead atoms. The number of rotatable bonds is 5. The first kappa shape index (κ1) is 15.3. The lowest BCUT2D eigenvalue weighted by atomic mass is 10.1. The SMILES string of the molecule is Cc1cc(N)ccc1C(=O)NCCCCC(F)(F)F. The van der Waals surface area contributed by atoms with Gasteiger partial charge in [0.2, 0.25) is 0 Å². The van der Waals surface area contributed by atoms with E-state index in [4.69, 9.17) is 5.73 Å². The molecule has 0 saturated heterocycles. The van der Waals surface area contributed by atoms with Crippen LogP contribution in [0.15, 0.2) is 18.2 Å². The van der Waals surface area contributed by atoms with Crippen LogP contribution in [0.3, 0.4) is 0 Å². The van der Waals surface area contributed by atoms with Crippen molar-refractivity contribution in [3.8, 4) is 0 Å². The Morgan fingerprint density at radius 3 is 2.58 bits per heavy atom. The maximum atomic E-state index is 11.9. The van der Waals surface area contributed by atoms with Crippen LogP contribution >= 0.6 is 0 Å². The summed E-state index contributed by atoms with van der Waals surface area (Å²) in [5.41, 5.74) is 7.37. The predicted molar refractivity (Wildman–Crippen MR) is 67.8 cm³/mol.